The molecule has 0 spiro atoms. The van der Waals surface area contributed by atoms with Crippen molar-refractivity contribution in [2.45, 2.75) is 33.1 Å². The highest BCUT2D eigenvalue weighted by molar-refractivity contribution is 6.10. The van der Waals surface area contributed by atoms with Crippen molar-refractivity contribution in [2.24, 2.45) is 0 Å². The molecule has 0 aliphatic heterocycles. The van der Waals surface area contributed by atoms with Crippen molar-refractivity contribution in [1.82, 2.24) is 0 Å². The summed E-state index contributed by atoms with van der Waals surface area (Å²) in [4.78, 5) is 11.7. The highest BCUT2D eigenvalue weighted by Crippen LogP contribution is 2.06. The van der Waals surface area contributed by atoms with Crippen molar-refractivity contribution in [3.8, 4) is 11.8 Å². The van der Waals surface area contributed by atoms with Crippen LogP contribution in [0.5, 0.6) is 0 Å². The topological polar surface area (TPSA) is 17.1 Å². The fraction of sp³-hybridized carbons (Fsp3) is 0.312. The molecule has 0 fully saturated rings. The Kier molecular flexibility index (Phi) is 5.82. The van der Waals surface area contributed by atoms with E-state index < -0.39 is 0 Å². The summed E-state index contributed by atoms with van der Waals surface area (Å²) >= 11 is 0. The summed E-state index contributed by atoms with van der Waals surface area (Å²) in [5.41, 5.74) is 1.73. The maximum atomic E-state index is 11.7. The van der Waals surface area contributed by atoms with Crippen molar-refractivity contribution in [2.75, 3.05) is 0 Å². The first kappa shape index (κ1) is 13.3. The normalized spacial score (nSPS) is 10.6. The van der Waals surface area contributed by atoms with Gasteiger partial charge in [0.25, 0.3) is 0 Å². The predicted molar refractivity (Wildman–Crippen MR) is 72.4 cm³/mol. The molecule has 0 aromatic heterocycles. The number of ketones is 1. The number of unbranched alkanes of at least 4 members (excludes halogenated alkanes) is 2. The Labute approximate surface area is 104 Å². The molecule has 1 heteroatoms. The standard InChI is InChI=1S/C16H18O/c1-3-4-5-9-12-16(17)14(2)13-15-10-7-6-8-11-15/h6-8,10-11,13H,3-5H2,1-2H3/b14-13-. The highest BCUT2D eigenvalue weighted by Gasteiger charge is 1.99. The fourth-order valence-corrected chi connectivity index (χ4v) is 1.37. The van der Waals surface area contributed by atoms with E-state index in [1.165, 1.54) is 0 Å². The van der Waals surface area contributed by atoms with Gasteiger partial charge in [0.15, 0.2) is 0 Å². The minimum atomic E-state index is -0.0787. The van der Waals surface area contributed by atoms with Crippen molar-refractivity contribution in [3.05, 3.63) is 41.5 Å². The first-order valence-electron chi connectivity index (χ1n) is 6.00. The van der Waals surface area contributed by atoms with E-state index in [9.17, 15) is 4.79 Å². The zero-order chi connectivity index (χ0) is 12.5. The van der Waals surface area contributed by atoms with Crippen LogP contribution in [0.25, 0.3) is 6.08 Å². The number of carbonyl (C=O) groups excluding carboxylic acids is 1. The lowest BCUT2D eigenvalue weighted by molar-refractivity contribution is -0.110. The van der Waals surface area contributed by atoms with Crippen LogP contribution >= 0.6 is 0 Å². The van der Waals surface area contributed by atoms with E-state index in [0.717, 1.165) is 24.8 Å². The molecule has 88 valence electrons. The number of hydrogen-bond donors (Lipinski definition) is 0. The zero-order valence-corrected chi connectivity index (χ0v) is 10.5. The van der Waals surface area contributed by atoms with Crippen LogP contribution in [0.3, 0.4) is 0 Å². The third-order valence-corrected chi connectivity index (χ3v) is 2.40. The first-order chi connectivity index (χ1) is 8.24. The maximum Gasteiger partial charge on any atom is 0.231 e. The van der Waals surface area contributed by atoms with E-state index in [-0.39, 0.29) is 5.78 Å². The highest BCUT2D eigenvalue weighted by atomic mass is 16.1. The smallest absolute Gasteiger partial charge is 0.231 e. The van der Waals surface area contributed by atoms with Crippen LogP contribution < -0.4 is 0 Å². The molecule has 0 bridgehead atoms. The molecule has 0 saturated carbocycles. The minimum Gasteiger partial charge on any atom is -0.280 e. The molecule has 0 radical (unpaired) electrons. The molecule has 1 aromatic carbocycles. The second-order valence-electron chi connectivity index (χ2n) is 3.97. The van der Waals surface area contributed by atoms with Gasteiger partial charge in [-0.1, -0.05) is 49.6 Å². The summed E-state index contributed by atoms with van der Waals surface area (Å²) in [5.74, 6) is 5.51. The van der Waals surface area contributed by atoms with Crippen LogP contribution in [0, 0.1) is 11.8 Å². The number of Topliss-reactive ketones (excluding diaryl/α,β-unsaturated/α-hetero) is 1. The van der Waals surface area contributed by atoms with Gasteiger partial charge in [0.2, 0.25) is 5.78 Å². The second kappa shape index (κ2) is 7.46. The third-order valence-electron chi connectivity index (χ3n) is 2.40. The summed E-state index contributed by atoms with van der Waals surface area (Å²) in [6.45, 7) is 3.92. The summed E-state index contributed by atoms with van der Waals surface area (Å²) in [6, 6.07) is 9.81. The Morgan fingerprint density at radius 1 is 1.29 bits per heavy atom. The average Bonchev–Trinajstić information content (AvgIpc) is 2.35. The Hall–Kier alpha value is -1.81. The van der Waals surface area contributed by atoms with Gasteiger partial charge >= 0.3 is 0 Å². The summed E-state index contributed by atoms with van der Waals surface area (Å²) < 4.78 is 0. The molecule has 1 nitrogen and oxygen atoms in total. The second-order valence-corrected chi connectivity index (χ2v) is 3.97. The fourth-order valence-electron chi connectivity index (χ4n) is 1.37. The molecule has 1 aromatic rings. The van der Waals surface area contributed by atoms with E-state index >= 15 is 0 Å². The maximum absolute atomic E-state index is 11.7. The Morgan fingerprint density at radius 3 is 2.65 bits per heavy atom. The SMILES string of the molecule is CCCCC#CC(=O)/C(C)=C\c1ccccc1. The van der Waals surface area contributed by atoms with Crippen LogP contribution in [0.15, 0.2) is 35.9 Å². The minimum absolute atomic E-state index is 0.0787. The van der Waals surface area contributed by atoms with Gasteiger partial charge in [-0.15, -0.1) is 0 Å². The van der Waals surface area contributed by atoms with Crippen LogP contribution in [0.4, 0.5) is 0 Å². The van der Waals surface area contributed by atoms with Crippen molar-refractivity contribution < 1.29 is 4.79 Å². The predicted octanol–water partition coefficient (Wildman–Crippen LogP) is 3.85. The van der Waals surface area contributed by atoms with Gasteiger partial charge in [0.05, 0.1) is 0 Å². The molecule has 0 aliphatic rings. The van der Waals surface area contributed by atoms with Gasteiger partial charge in [-0.2, -0.15) is 0 Å². The quantitative estimate of drug-likeness (QED) is 0.330. The van der Waals surface area contributed by atoms with Crippen molar-refractivity contribution in [3.63, 3.8) is 0 Å². The van der Waals surface area contributed by atoms with Crippen molar-refractivity contribution in [1.29, 1.82) is 0 Å². The third kappa shape index (κ3) is 5.17. The molecule has 0 saturated heterocycles. The molecule has 0 atom stereocenters. The lowest BCUT2D eigenvalue weighted by atomic mass is 10.1. The van der Waals surface area contributed by atoms with E-state index in [0.29, 0.717) is 5.57 Å². The van der Waals surface area contributed by atoms with Gasteiger partial charge in [-0.3, -0.25) is 4.79 Å². The van der Waals surface area contributed by atoms with Crippen molar-refractivity contribution >= 4 is 11.9 Å². The van der Waals surface area contributed by atoms with Crippen LogP contribution in [-0.4, -0.2) is 5.78 Å². The molecule has 17 heavy (non-hydrogen) atoms. The van der Waals surface area contributed by atoms with E-state index in [1.807, 2.05) is 43.3 Å². The zero-order valence-electron chi connectivity index (χ0n) is 10.5. The summed E-state index contributed by atoms with van der Waals surface area (Å²) in [7, 11) is 0. The largest absolute Gasteiger partial charge is 0.280 e. The van der Waals surface area contributed by atoms with E-state index in [2.05, 4.69) is 18.8 Å². The van der Waals surface area contributed by atoms with E-state index in [4.69, 9.17) is 0 Å². The molecule has 0 unspecified atom stereocenters. The number of carbonyl (C=O) groups is 1. The summed E-state index contributed by atoms with van der Waals surface area (Å²) in [6.07, 6.45) is 4.85. The molecule has 0 amide bonds. The Bertz CT molecular complexity index is 443. The Balaban J connectivity index is 2.63. The van der Waals surface area contributed by atoms with Crippen LogP contribution in [0.1, 0.15) is 38.7 Å². The number of benzene rings is 1. The Morgan fingerprint density at radius 2 is 2.00 bits per heavy atom. The number of rotatable bonds is 4. The molecular weight excluding hydrogens is 208 g/mol. The van der Waals surface area contributed by atoms with Gasteiger partial charge in [0, 0.05) is 12.0 Å². The van der Waals surface area contributed by atoms with Crippen LogP contribution in [0.2, 0.25) is 0 Å². The van der Waals surface area contributed by atoms with Gasteiger partial charge in [-0.25, -0.2) is 0 Å². The number of hydrogen-bond acceptors (Lipinski definition) is 1. The van der Waals surface area contributed by atoms with E-state index in [1.54, 1.807) is 0 Å². The van der Waals surface area contributed by atoms with Gasteiger partial charge < -0.3 is 0 Å². The average molecular weight is 226 g/mol. The first-order valence-corrected chi connectivity index (χ1v) is 6.00. The van der Waals surface area contributed by atoms with Crippen LogP contribution in [-0.2, 0) is 4.79 Å². The molecule has 0 heterocycles. The molecule has 0 N–H and O–H groups in total. The number of allylic oxidation sites excluding steroid dienone is 1. The van der Waals surface area contributed by atoms with Gasteiger partial charge in [-0.05, 0) is 30.9 Å². The van der Waals surface area contributed by atoms with Gasteiger partial charge in [0.1, 0.15) is 0 Å². The summed E-state index contributed by atoms with van der Waals surface area (Å²) in [5, 5.41) is 0. The molecule has 0 aliphatic carbocycles. The molecular formula is C16H18O. The lowest BCUT2D eigenvalue weighted by Gasteiger charge is -1.94. The lowest BCUT2D eigenvalue weighted by Crippen LogP contribution is -1.94. The monoisotopic (exact) mass is 226 g/mol. The molecule has 1 rings (SSSR count).